The first kappa shape index (κ1) is 14.5. The third kappa shape index (κ3) is 2.01. The van der Waals surface area contributed by atoms with E-state index in [1.54, 1.807) is 10.8 Å². The van der Waals surface area contributed by atoms with Crippen LogP contribution in [-0.4, -0.2) is 14.8 Å². The summed E-state index contributed by atoms with van der Waals surface area (Å²) in [6.45, 7) is 4.63. The van der Waals surface area contributed by atoms with E-state index in [9.17, 15) is 4.79 Å². The molecule has 0 aliphatic heterocycles. The molecule has 0 aliphatic carbocycles. The molecule has 2 aromatic carbocycles. The zero-order valence-corrected chi connectivity index (χ0v) is 13.6. The van der Waals surface area contributed by atoms with Crippen LogP contribution < -0.4 is 11.3 Å². The zero-order chi connectivity index (χ0) is 16.8. The SMILES string of the molecule is CCn1c(=O)c2cn[nH]c2c2ccc(-c3ccc(N)cc3C)cc21. The number of aromatic nitrogens is 3. The van der Waals surface area contributed by atoms with E-state index in [1.807, 2.05) is 38.1 Å². The third-order valence-corrected chi connectivity index (χ3v) is 4.55. The topological polar surface area (TPSA) is 76.7 Å². The molecule has 0 saturated heterocycles. The fraction of sp³-hybridized carbons (Fsp3) is 0.158. The van der Waals surface area contributed by atoms with Crippen LogP contribution in [0.4, 0.5) is 5.69 Å². The number of fused-ring (bicyclic) bond motifs is 3. The summed E-state index contributed by atoms with van der Waals surface area (Å²) in [5, 5.41) is 8.62. The number of hydrogen-bond donors (Lipinski definition) is 2. The Morgan fingerprint density at radius 2 is 2.00 bits per heavy atom. The molecule has 0 radical (unpaired) electrons. The van der Waals surface area contributed by atoms with Gasteiger partial charge in [0, 0.05) is 17.6 Å². The quantitative estimate of drug-likeness (QED) is 0.556. The minimum atomic E-state index is -0.0140. The van der Waals surface area contributed by atoms with E-state index < -0.39 is 0 Å². The molecule has 24 heavy (non-hydrogen) atoms. The maximum atomic E-state index is 12.7. The van der Waals surface area contributed by atoms with Crippen molar-refractivity contribution in [2.45, 2.75) is 20.4 Å². The number of H-pyrrole nitrogens is 1. The molecule has 4 rings (SSSR count). The number of hydrogen-bond acceptors (Lipinski definition) is 3. The normalized spacial score (nSPS) is 11.4. The maximum Gasteiger partial charge on any atom is 0.262 e. The molecule has 2 heterocycles. The molecule has 120 valence electrons. The van der Waals surface area contributed by atoms with Gasteiger partial charge in [-0.25, -0.2) is 0 Å². The van der Waals surface area contributed by atoms with Crippen LogP contribution >= 0.6 is 0 Å². The first-order chi connectivity index (χ1) is 11.6. The summed E-state index contributed by atoms with van der Waals surface area (Å²) in [4.78, 5) is 12.7. The molecule has 0 spiro atoms. The second kappa shape index (κ2) is 5.23. The van der Waals surface area contributed by atoms with Gasteiger partial charge in [0.05, 0.1) is 22.6 Å². The summed E-state index contributed by atoms with van der Waals surface area (Å²) in [6, 6.07) is 12.1. The van der Waals surface area contributed by atoms with Crippen molar-refractivity contribution in [2.75, 3.05) is 5.73 Å². The standard InChI is InChI=1S/C19H18N4O/c1-3-23-17-9-12(14-7-5-13(20)8-11(14)2)4-6-15(17)18-16(19(23)24)10-21-22-18/h4-10H,3,20H2,1-2H3,(H,21,22). The molecule has 0 bridgehead atoms. The molecule has 0 aliphatic rings. The molecule has 5 nitrogen and oxygen atoms in total. The van der Waals surface area contributed by atoms with Crippen LogP contribution in [0.2, 0.25) is 0 Å². The average Bonchev–Trinajstić information content (AvgIpc) is 3.05. The van der Waals surface area contributed by atoms with Crippen LogP contribution in [0.15, 0.2) is 47.4 Å². The molecular formula is C19H18N4O. The number of nitrogens with two attached hydrogens (primary N) is 1. The molecule has 0 saturated carbocycles. The number of nitrogens with one attached hydrogen (secondary N) is 1. The van der Waals surface area contributed by atoms with Crippen LogP contribution in [0, 0.1) is 6.92 Å². The number of aromatic amines is 1. The van der Waals surface area contributed by atoms with Crippen molar-refractivity contribution in [2.24, 2.45) is 0 Å². The predicted molar refractivity (Wildman–Crippen MR) is 98.1 cm³/mol. The lowest BCUT2D eigenvalue weighted by Gasteiger charge is -2.12. The highest BCUT2D eigenvalue weighted by Crippen LogP contribution is 2.30. The Bertz CT molecular complexity index is 1140. The van der Waals surface area contributed by atoms with Gasteiger partial charge in [-0.05, 0) is 48.7 Å². The van der Waals surface area contributed by atoms with Crippen LogP contribution in [0.1, 0.15) is 12.5 Å². The lowest BCUT2D eigenvalue weighted by Crippen LogP contribution is -2.19. The van der Waals surface area contributed by atoms with Gasteiger partial charge in [-0.3, -0.25) is 9.89 Å². The molecule has 5 heteroatoms. The molecule has 2 aromatic heterocycles. The Hall–Kier alpha value is -3.08. The van der Waals surface area contributed by atoms with Crippen LogP contribution in [0.25, 0.3) is 32.9 Å². The van der Waals surface area contributed by atoms with E-state index >= 15 is 0 Å². The lowest BCUT2D eigenvalue weighted by molar-refractivity contribution is 0.767. The summed E-state index contributed by atoms with van der Waals surface area (Å²) >= 11 is 0. The van der Waals surface area contributed by atoms with Gasteiger partial charge in [-0.2, -0.15) is 5.10 Å². The van der Waals surface area contributed by atoms with E-state index in [2.05, 4.69) is 22.3 Å². The highest BCUT2D eigenvalue weighted by molar-refractivity contribution is 6.04. The van der Waals surface area contributed by atoms with E-state index in [-0.39, 0.29) is 5.56 Å². The molecular weight excluding hydrogens is 300 g/mol. The Kier molecular flexibility index (Phi) is 3.16. The maximum absolute atomic E-state index is 12.7. The fourth-order valence-corrected chi connectivity index (χ4v) is 3.37. The Labute approximate surface area is 138 Å². The summed E-state index contributed by atoms with van der Waals surface area (Å²) in [5.41, 5.74) is 11.6. The van der Waals surface area contributed by atoms with Gasteiger partial charge in [0.1, 0.15) is 0 Å². The lowest BCUT2D eigenvalue weighted by atomic mass is 9.98. The molecule has 0 amide bonds. The average molecular weight is 318 g/mol. The number of anilines is 1. The smallest absolute Gasteiger partial charge is 0.262 e. The highest BCUT2D eigenvalue weighted by atomic mass is 16.1. The number of aryl methyl sites for hydroxylation is 2. The summed E-state index contributed by atoms with van der Waals surface area (Å²) in [5.74, 6) is 0. The summed E-state index contributed by atoms with van der Waals surface area (Å²) in [7, 11) is 0. The van der Waals surface area contributed by atoms with Gasteiger partial charge < -0.3 is 10.3 Å². The fourth-order valence-electron chi connectivity index (χ4n) is 3.37. The van der Waals surface area contributed by atoms with Gasteiger partial charge in [0.2, 0.25) is 0 Å². The number of nitrogens with zero attached hydrogens (tertiary/aromatic N) is 2. The van der Waals surface area contributed by atoms with E-state index in [0.29, 0.717) is 11.9 Å². The molecule has 0 unspecified atom stereocenters. The van der Waals surface area contributed by atoms with Crippen molar-refractivity contribution in [1.29, 1.82) is 0 Å². The monoisotopic (exact) mass is 318 g/mol. The third-order valence-electron chi connectivity index (χ3n) is 4.55. The minimum Gasteiger partial charge on any atom is -0.399 e. The van der Waals surface area contributed by atoms with Crippen molar-refractivity contribution in [3.8, 4) is 11.1 Å². The summed E-state index contributed by atoms with van der Waals surface area (Å²) in [6.07, 6.45) is 1.60. The van der Waals surface area contributed by atoms with Gasteiger partial charge in [-0.1, -0.05) is 18.2 Å². The van der Waals surface area contributed by atoms with Gasteiger partial charge in [0.25, 0.3) is 5.56 Å². The molecule has 0 fully saturated rings. The van der Waals surface area contributed by atoms with Crippen LogP contribution in [0.5, 0.6) is 0 Å². The minimum absolute atomic E-state index is 0.0140. The van der Waals surface area contributed by atoms with Crippen LogP contribution in [0.3, 0.4) is 0 Å². The van der Waals surface area contributed by atoms with Gasteiger partial charge >= 0.3 is 0 Å². The van der Waals surface area contributed by atoms with Crippen molar-refractivity contribution < 1.29 is 0 Å². The van der Waals surface area contributed by atoms with E-state index in [4.69, 9.17) is 5.73 Å². The Balaban J connectivity index is 2.08. The van der Waals surface area contributed by atoms with Crippen molar-refractivity contribution >= 4 is 27.5 Å². The predicted octanol–water partition coefficient (Wildman–Crippen LogP) is 3.46. The van der Waals surface area contributed by atoms with Crippen molar-refractivity contribution in [3.05, 3.63) is 58.5 Å². The molecule has 3 N–H and O–H groups in total. The first-order valence-electron chi connectivity index (χ1n) is 7.96. The number of rotatable bonds is 2. The highest BCUT2D eigenvalue weighted by Gasteiger charge is 2.13. The number of nitrogen functional groups attached to an aromatic ring is 1. The summed E-state index contributed by atoms with van der Waals surface area (Å²) < 4.78 is 1.79. The molecule has 0 atom stereocenters. The first-order valence-corrected chi connectivity index (χ1v) is 7.96. The van der Waals surface area contributed by atoms with Crippen LogP contribution in [-0.2, 0) is 6.54 Å². The Morgan fingerprint density at radius 1 is 1.17 bits per heavy atom. The van der Waals surface area contributed by atoms with E-state index in [1.165, 1.54) is 0 Å². The molecule has 4 aromatic rings. The van der Waals surface area contributed by atoms with Crippen molar-refractivity contribution in [1.82, 2.24) is 14.8 Å². The number of pyridine rings is 1. The second-order valence-corrected chi connectivity index (χ2v) is 6.01. The van der Waals surface area contributed by atoms with E-state index in [0.717, 1.165) is 38.8 Å². The van der Waals surface area contributed by atoms with Gasteiger partial charge in [0.15, 0.2) is 0 Å². The van der Waals surface area contributed by atoms with Gasteiger partial charge in [-0.15, -0.1) is 0 Å². The largest absolute Gasteiger partial charge is 0.399 e. The van der Waals surface area contributed by atoms with Crippen molar-refractivity contribution in [3.63, 3.8) is 0 Å². The second-order valence-electron chi connectivity index (χ2n) is 6.01. The number of benzene rings is 2. The zero-order valence-electron chi connectivity index (χ0n) is 13.6. The Morgan fingerprint density at radius 3 is 2.75 bits per heavy atom.